The molecule has 0 bridgehead atoms. The van der Waals surface area contributed by atoms with Crippen LogP contribution in [-0.4, -0.2) is 23.0 Å². The van der Waals surface area contributed by atoms with Crippen LogP contribution in [-0.2, 0) is 0 Å². The molecule has 8 rings (SSSR count). The van der Waals surface area contributed by atoms with E-state index < -0.39 is 0 Å². The number of rotatable bonds is 4. The summed E-state index contributed by atoms with van der Waals surface area (Å²) in [5.74, 6) is 0.731. The van der Waals surface area contributed by atoms with Gasteiger partial charge in [-0.25, -0.2) is 0 Å². The first-order valence-corrected chi connectivity index (χ1v) is 17.1. The Kier molecular flexibility index (Phi) is 7.52. The highest BCUT2D eigenvalue weighted by molar-refractivity contribution is 5.93. The molecule has 2 heterocycles. The summed E-state index contributed by atoms with van der Waals surface area (Å²) < 4.78 is 0. The van der Waals surface area contributed by atoms with Crippen molar-refractivity contribution in [3.8, 4) is 0 Å². The second kappa shape index (κ2) is 12.0. The Morgan fingerprint density at radius 2 is 1.68 bits per heavy atom. The van der Waals surface area contributed by atoms with Gasteiger partial charge in [0.05, 0.1) is 11.6 Å². The number of para-hydroxylation sites is 1. The van der Waals surface area contributed by atoms with E-state index in [4.69, 9.17) is 4.98 Å². The first kappa shape index (κ1) is 29.5. The summed E-state index contributed by atoms with van der Waals surface area (Å²) in [5, 5.41) is 3.76. The summed E-state index contributed by atoms with van der Waals surface area (Å²) in [6.07, 6.45) is 31.2. The highest BCUT2D eigenvalue weighted by atomic mass is 15.1. The molecule has 0 saturated heterocycles. The van der Waals surface area contributed by atoms with E-state index in [-0.39, 0.29) is 11.5 Å². The summed E-state index contributed by atoms with van der Waals surface area (Å²) in [7, 11) is 2.31. The van der Waals surface area contributed by atoms with Crippen LogP contribution in [0.5, 0.6) is 0 Å². The lowest BCUT2D eigenvalue weighted by Crippen LogP contribution is -2.37. The van der Waals surface area contributed by atoms with Crippen molar-refractivity contribution < 1.29 is 0 Å². The SMILES string of the molecule is C/C1=C(\C2C=CC(c3cccc4cccnc34)=CC2)CCC=C(c2ccc3ccccc3c2)N(C)C1C1=CC2C=CC=CC2(C)C=C1. The number of benzene rings is 3. The van der Waals surface area contributed by atoms with E-state index in [1.807, 2.05) is 12.3 Å². The minimum Gasteiger partial charge on any atom is -0.364 e. The van der Waals surface area contributed by atoms with Gasteiger partial charge in [-0.2, -0.15) is 0 Å². The van der Waals surface area contributed by atoms with Crippen LogP contribution in [0.25, 0.3) is 32.9 Å². The Morgan fingerprint density at radius 3 is 2.55 bits per heavy atom. The molecule has 4 unspecified atom stereocenters. The maximum absolute atomic E-state index is 4.73. The third-order valence-corrected chi connectivity index (χ3v) is 10.9. The average Bonchev–Trinajstić information content (AvgIpc) is 3.11. The topological polar surface area (TPSA) is 16.1 Å². The molecule has 232 valence electrons. The number of pyridine rings is 1. The van der Waals surface area contributed by atoms with Crippen LogP contribution >= 0.6 is 0 Å². The largest absolute Gasteiger partial charge is 0.364 e. The van der Waals surface area contributed by atoms with Crippen molar-refractivity contribution in [3.05, 3.63) is 174 Å². The van der Waals surface area contributed by atoms with E-state index in [1.165, 1.54) is 49.7 Å². The van der Waals surface area contributed by atoms with Crippen LogP contribution in [0.2, 0.25) is 0 Å². The van der Waals surface area contributed by atoms with E-state index in [1.54, 1.807) is 5.57 Å². The predicted molar refractivity (Wildman–Crippen MR) is 199 cm³/mol. The third-order valence-electron chi connectivity index (χ3n) is 10.9. The van der Waals surface area contributed by atoms with Crippen LogP contribution in [0.15, 0.2) is 163 Å². The molecule has 3 aromatic carbocycles. The summed E-state index contributed by atoms with van der Waals surface area (Å²) in [6.45, 7) is 4.75. The molecule has 47 heavy (non-hydrogen) atoms. The summed E-state index contributed by atoms with van der Waals surface area (Å²) >= 11 is 0. The maximum atomic E-state index is 4.73. The van der Waals surface area contributed by atoms with E-state index >= 15 is 0 Å². The molecule has 0 fully saturated rings. The second-order valence-corrected chi connectivity index (χ2v) is 13.8. The molecule has 4 atom stereocenters. The average molecular weight is 611 g/mol. The molecule has 0 amide bonds. The number of nitrogens with zero attached hydrogens (tertiary/aromatic N) is 2. The highest BCUT2D eigenvalue weighted by Gasteiger charge is 2.35. The van der Waals surface area contributed by atoms with E-state index in [0.29, 0.717) is 11.8 Å². The van der Waals surface area contributed by atoms with E-state index in [9.17, 15) is 0 Å². The number of aromatic nitrogens is 1. The molecule has 0 spiro atoms. The van der Waals surface area contributed by atoms with Crippen molar-refractivity contribution in [2.45, 2.75) is 39.2 Å². The lowest BCUT2D eigenvalue weighted by molar-refractivity contribution is 0.404. The second-order valence-electron chi connectivity index (χ2n) is 13.8. The van der Waals surface area contributed by atoms with Crippen molar-refractivity contribution in [1.82, 2.24) is 9.88 Å². The normalized spacial score (nSPS) is 27.3. The van der Waals surface area contributed by atoms with Gasteiger partial charge in [-0.1, -0.05) is 140 Å². The van der Waals surface area contributed by atoms with Crippen LogP contribution in [0.4, 0.5) is 0 Å². The number of fused-ring (bicyclic) bond motifs is 3. The fraction of sp³-hybridized carbons (Fsp3) is 0.222. The van der Waals surface area contributed by atoms with Gasteiger partial charge in [-0.3, -0.25) is 4.98 Å². The van der Waals surface area contributed by atoms with Crippen molar-refractivity contribution in [2.24, 2.45) is 17.3 Å². The number of likely N-dealkylation sites (N-methyl/N-ethyl adjacent to an activating group) is 1. The van der Waals surface area contributed by atoms with Crippen molar-refractivity contribution in [3.63, 3.8) is 0 Å². The molecular formula is C45H42N2. The van der Waals surface area contributed by atoms with Crippen LogP contribution in [0, 0.1) is 17.3 Å². The minimum absolute atomic E-state index is 0.0275. The van der Waals surface area contributed by atoms with Gasteiger partial charge < -0.3 is 4.90 Å². The fourth-order valence-corrected chi connectivity index (χ4v) is 8.24. The molecule has 2 nitrogen and oxygen atoms in total. The zero-order valence-electron chi connectivity index (χ0n) is 27.6. The molecule has 4 aliphatic rings. The maximum Gasteiger partial charge on any atom is 0.0780 e. The van der Waals surface area contributed by atoms with Gasteiger partial charge in [-0.15, -0.1) is 0 Å². The van der Waals surface area contributed by atoms with Crippen molar-refractivity contribution >= 4 is 32.9 Å². The Labute approximate surface area is 279 Å². The minimum atomic E-state index is 0.0275. The first-order chi connectivity index (χ1) is 23.0. The van der Waals surface area contributed by atoms with E-state index in [2.05, 4.69) is 159 Å². The molecule has 1 aliphatic heterocycles. The summed E-state index contributed by atoms with van der Waals surface area (Å²) in [5.41, 5.74) is 10.6. The molecule has 4 aromatic rings. The van der Waals surface area contributed by atoms with Crippen molar-refractivity contribution in [2.75, 3.05) is 7.05 Å². The predicted octanol–water partition coefficient (Wildman–Crippen LogP) is 11.0. The lowest BCUT2D eigenvalue weighted by atomic mass is 9.69. The van der Waals surface area contributed by atoms with Gasteiger partial charge >= 0.3 is 0 Å². The molecule has 0 radical (unpaired) electrons. The smallest absolute Gasteiger partial charge is 0.0780 e. The van der Waals surface area contributed by atoms with Crippen LogP contribution in [0.1, 0.15) is 44.2 Å². The Bertz CT molecular complexity index is 2120. The quantitative estimate of drug-likeness (QED) is 0.214. The third kappa shape index (κ3) is 5.36. The molecule has 1 aromatic heterocycles. The Balaban J connectivity index is 1.17. The standard InChI is InChI=1S/C45H42N2/c1-31-40(33-20-22-34(23-21-33)41-17-8-13-35-14-10-28-46-43(35)41)16-9-18-42(37-24-19-32-11-4-5-12-36(32)29-37)47(3)44(31)38-25-27-45(2)26-7-6-15-39(45)30-38/h4-8,10-15,17-20,22-30,33,39,44H,9,16,21H2,1-3H3/b40-31+,42-18?. The Hall–Kier alpha value is -4.95. The number of hydrogen-bond donors (Lipinski definition) is 0. The lowest BCUT2D eigenvalue weighted by Gasteiger charge is -2.41. The van der Waals surface area contributed by atoms with E-state index in [0.717, 1.165) is 24.8 Å². The molecule has 2 heteroatoms. The molecule has 0 saturated carbocycles. The van der Waals surface area contributed by atoms with Gasteiger partial charge in [0, 0.05) is 47.1 Å². The van der Waals surface area contributed by atoms with Crippen LogP contribution in [0.3, 0.4) is 0 Å². The number of allylic oxidation sites excluding steroid dienone is 12. The zero-order chi connectivity index (χ0) is 32.0. The monoisotopic (exact) mass is 610 g/mol. The van der Waals surface area contributed by atoms with Gasteiger partial charge in [0.1, 0.15) is 0 Å². The number of hydrogen-bond acceptors (Lipinski definition) is 2. The fourth-order valence-electron chi connectivity index (χ4n) is 8.24. The van der Waals surface area contributed by atoms with Crippen LogP contribution < -0.4 is 0 Å². The van der Waals surface area contributed by atoms with Gasteiger partial charge in [0.15, 0.2) is 0 Å². The first-order valence-electron chi connectivity index (χ1n) is 17.1. The van der Waals surface area contributed by atoms with Crippen molar-refractivity contribution in [1.29, 1.82) is 0 Å². The Morgan fingerprint density at radius 1 is 0.830 bits per heavy atom. The summed E-state index contributed by atoms with van der Waals surface area (Å²) in [4.78, 5) is 7.29. The zero-order valence-corrected chi connectivity index (χ0v) is 27.6. The molecule has 3 aliphatic carbocycles. The van der Waals surface area contributed by atoms with Gasteiger partial charge in [-0.05, 0) is 71.4 Å². The van der Waals surface area contributed by atoms with Gasteiger partial charge in [0.25, 0.3) is 0 Å². The van der Waals surface area contributed by atoms with Gasteiger partial charge in [0.2, 0.25) is 0 Å². The molecule has 0 N–H and O–H groups in total. The summed E-state index contributed by atoms with van der Waals surface area (Å²) in [6, 6.07) is 26.4. The highest BCUT2D eigenvalue weighted by Crippen LogP contribution is 2.44. The molecular weight excluding hydrogens is 569 g/mol.